The van der Waals surface area contributed by atoms with Crippen molar-refractivity contribution in [2.45, 2.75) is 26.6 Å². The number of ether oxygens (including phenoxy) is 1. The van der Waals surface area contributed by atoms with E-state index in [1.54, 1.807) is 18.5 Å². The maximum absolute atomic E-state index is 12.0. The van der Waals surface area contributed by atoms with Gasteiger partial charge in [-0.1, -0.05) is 6.85 Å². The third kappa shape index (κ3) is 1.84. The third-order valence-corrected chi connectivity index (χ3v) is 2.80. The Morgan fingerprint density at radius 3 is 3.38 bits per heavy atom. The minimum atomic E-state index is -2.58. The number of hydrogen-bond acceptors (Lipinski definition) is 3. The predicted molar refractivity (Wildman–Crippen MR) is 59.9 cm³/mol. The molecule has 0 spiro atoms. The molecule has 0 amide bonds. The number of carbonyl (C=O) groups excluding carboxylic acids is 1. The summed E-state index contributed by atoms with van der Waals surface area (Å²) in [5, 5.41) is 0. The third-order valence-electron chi connectivity index (χ3n) is 2.80. The summed E-state index contributed by atoms with van der Waals surface area (Å²) in [6.07, 6.45) is -1.09. The second-order valence-electron chi connectivity index (χ2n) is 3.74. The molecule has 0 bridgehead atoms. The van der Waals surface area contributed by atoms with Crippen LogP contribution in [0.1, 0.15) is 34.4 Å². The molecule has 0 unspecified atom stereocenters. The van der Waals surface area contributed by atoms with E-state index in [1.165, 1.54) is 0 Å². The largest absolute Gasteiger partial charge is 0.465 e. The van der Waals surface area contributed by atoms with Crippen molar-refractivity contribution in [3.05, 3.63) is 17.7 Å². The number of cyclic esters (lactones) is 1. The lowest BCUT2D eigenvalue weighted by molar-refractivity contribution is -0.141. The zero-order valence-corrected chi connectivity index (χ0v) is 9.20. The molecule has 4 nitrogen and oxygen atoms in total. The van der Waals surface area contributed by atoms with Gasteiger partial charge < -0.3 is 9.30 Å². The SMILES string of the molecule is [2H]c1nc(C)n(C)c1C[C@H]1C([2H])([2H])OC(=O)[C@@]1([2H])CC([2H])([2H])[2H]. The zero-order valence-electron chi connectivity index (χ0n) is 16.2. The minimum Gasteiger partial charge on any atom is -0.465 e. The lowest BCUT2D eigenvalue weighted by Crippen LogP contribution is -2.18. The summed E-state index contributed by atoms with van der Waals surface area (Å²) in [4.78, 5) is 15.9. The highest BCUT2D eigenvalue weighted by atomic mass is 16.5. The molecule has 1 saturated heterocycles. The maximum Gasteiger partial charge on any atom is 0.309 e. The number of hydrogen-bond donors (Lipinski definition) is 0. The average molecular weight is 229 g/mol. The second-order valence-corrected chi connectivity index (χ2v) is 3.74. The Labute approximate surface area is 105 Å². The number of aryl methyl sites for hydroxylation is 1. The van der Waals surface area contributed by atoms with Crippen LogP contribution in [0.3, 0.4) is 0 Å². The van der Waals surface area contributed by atoms with Crippen LogP contribution in [-0.4, -0.2) is 22.1 Å². The topological polar surface area (TPSA) is 44.1 Å². The van der Waals surface area contributed by atoms with Gasteiger partial charge in [0.15, 0.2) is 0 Å². The Morgan fingerprint density at radius 2 is 2.75 bits per heavy atom. The molecule has 1 aromatic rings. The van der Waals surface area contributed by atoms with Crippen LogP contribution in [0, 0.1) is 18.7 Å². The molecule has 0 aliphatic carbocycles. The van der Waals surface area contributed by atoms with Crippen molar-refractivity contribution >= 4 is 5.97 Å². The molecule has 2 heterocycles. The van der Waals surface area contributed by atoms with Gasteiger partial charge in [-0.25, -0.2) is 4.98 Å². The quantitative estimate of drug-likeness (QED) is 0.737. The molecule has 1 aromatic heterocycles. The van der Waals surface area contributed by atoms with Crippen LogP contribution in [0.5, 0.6) is 0 Å². The molecule has 1 aliphatic rings. The fraction of sp³-hybridized carbons (Fsp3) is 0.667. The summed E-state index contributed by atoms with van der Waals surface area (Å²) in [7, 11) is 1.64. The van der Waals surface area contributed by atoms with Crippen LogP contribution in [0.15, 0.2) is 6.17 Å². The van der Waals surface area contributed by atoms with Gasteiger partial charge in [0.1, 0.15) is 5.82 Å². The molecule has 0 aromatic carbocycles. The Bertz CT molecular complexity index is 640. The van der Waals surface area contributed by atoms with Gasteiger partial charge in [0.25, 0.3) is 0 Å². The first-order valence-electron chi connectivity index (χ1n) is 8.50. The van der Waals surface area contributed by atoms with Crippen LogP contribution in [0.25, 0.3) is 0 Å². The molecule has 16 heavy (non-hydrogen) atoms. The van der Waals surface area contributed by atoms with Crippen molar-refractivity contribution in [3.8, 4) is 0 Å². The number of imidazole rings is 1. The van der Waals surface area contributed by atoms with Crippen LogP contribution in [0.2, 0.25) is 0 Å². The van der Waals surface area contributed by atoms with Gasteiger partial charge in [0, 0.05) is 30.3 Å². The molecule has 0 saturated carbocycles. The van der Waals surface area contributed by atoms with Gasteiger partial charge in [0.05, 0.1) is 16.6 Å². The first-order valence-corrected chi connectivity index (χ1v) is 5.00. The molecule has 88 valence electrons. The van der Waals surface area contributed by atoms with E-state index in [2.05, 4.69) is 9.72 Å². The van der Waals surface area contributed by atoms with Crippen molar-refractivity contribution in [1.29, 1.82) is 0 Å². The molecule has 4 heteroatoms. The molecular weight excluding hydrogens is 204 g/mol. The molecule has 0 N–H and O–H groups in total. The first kappa shape index (κ1) is 5.34. The van der Waals surface area contributed by atoms with E-state index in [0.29, 0.717) is 11.5 Å². The zero-order chi connectivity index (χ0) is 17.8. The average Bonchev–Trinajstić information content (AvgIpc) is 2.65. The predicted octanol–water partition coefficient (Wildman–Crippen LogP) is 1.47. The van der Waals surface area contributed by atoms with Crippen molar-refractivity contribution in [2.75, 3.05) is 6.56 Å². The molecule has 1 aliphatic heterocycles. The smallest absolute Gasteiger partial charge is 0.309 e. The van der Waals surface area contributed by atoms with Crippen molar-refractivity contribution < 1.29 is 19.1 Å². The Kier molecular flexibility index (Phi) is 1.43. The van der Waals surface area contributed by atoms with Gasteiger partial charge >= 0.3 is 5.97 Å². The maximum atomic E-state index is 12.0. The van der Waals surface area contributed by atoms with E-state index in [-0.39, 0.29) is 12.6 Å². The minimum absolute atomic E-state index is 0.0867. The van der Waals surface area contributed by atoms with Crippen LogP contribution in [0.4, 0.5) is 0 Å². The number of rotatable bonds is 3. The monoisotopic (exact) mass is 229 g/mol. The Morgan fingerprint density at radius 1 is 1.94 bits per heavy atom. The lowest BCUT2D eigenvalue weighted by atomic mass is 9.89. The summed E-state index contributed by atoms with van der Waals surface area (Å²) < 4.78 is 60.0. The first-order chi connectivity index (χ1) is 10.3. The summed E-state index contributed by atoms with van der Waals surface area (Å²) in [6, 6.07) is 0. The van der Waals surface area contributed by atoms with Gasteiger partial charge in [-0.2, -0.15) is 0 Å². The molecule has 1 fully saturated rings. The van der Waals surface area contributed by atoms with E-state index in [4.69, 9.17) is 9.60 Å². The van der Waals surface area contributed by atoms with Crippen LogP contribution in [-0.2, 0) is 23.0 Å². The fourth-order valence-corrected chi connectivity index (χ4v) is 1.63. The van der Waals surface area contributed by atoms with Gasteiger partial charge in [-0.3, -0.25) is 4.79 Å². The normalized spacial score (nSPS) is 39.8. The van der Waals surface area contributed by atoms with E-state index in [0.717, 1.165) is 0 Å². The molecule has 2 rings (SSSR count). The van der Waals surface area contributed by atoms with Gasteiger partial charge in [0.2, 0.25) is 0 Å². The number of carbonyl (C=O) groups is 1. The summed E-state index contributed by atoms with van der Waals surface area (Å²) >= 11 is 0. The Hall–Kier alpha value is -1.32. The van der Waals surface area contributed by atoms with E-state index < -0.39 is 37.6 Å². The van der Waals surface area contributed by atoms with E-state index >= 15 is 0 Å². The molecular formula is C12H18N2O2. The van der Waals surface area contributed by atoms with Crippen molar-refractivity contribution in [1.82, 2.24) is 9.55 Å². The summed E-state index contributed by atoms with van der Waals surface area (Å²) in [5.41, 5.74) is 0.330. The van der Waals surface area contributed by atoms with Gasteiger partial charge in [-0.05, 0) is 19.8 Å². The standard InChI is InChI=1S/C12H18N2O2/c1-4-11-9(7-16-12(11)15)5-10-6-13-8(2)14(10)3/h6,9,11H,4-5,7H2,1-3H3/t9-,11-/m0/s1/i1D3,6D,7D2,11D. The molecule has 0 radical (unpaired) electrons. The molecule has 2 atom stereocenters. The fourth-order valence-electron chi connectivity index (χ4n) is 1.63. The highest BCUT2D eigenvalue weighted by molar-refractivity contribution is 5.74. The number of nitrogens with zero attached hydrogens (tertiary/aromatic N) is 2. The van der Waals surface area contributed by atoms with E-state index in [1.807, 2.05) is 0 Å². The highest BCUT2D eigenvalue weighted by Crippen LogP contribution is 2.28. The van der Waals surface area contributed by atoms with Crippen molar-refractivity contribution in [3.63, 3.8) is 0 Å². The van der Waals surface area contributed by atoms with E-state index in [9.17, 15) is 4.79 Å². The number of aromatic nitrogens is 2. The second kappa shape index (κ2) is 4.28. The van der Waals surface area contributed by atoms with Gasteiger partial charge in [-0.15, -0.1) is 0 Å². The lowest BCUT2D eigenvalue weighted by Gasteiger charge is -2.13. The van der Waals surface area contributed by atoms with Crippen molar-refractivity contribution in [2.24, 2.45) is 18.9 Å². The summed E-state index contributed by atoms with van der Waals surface area (Å²) in [6.45, 7) is -3.39. The van der Waals surface area contributed by atoms with Crippen LogP contribution < -0.4 is 0 Å². The number of esters is 1. The highest BCUT2D eigenvalue weighted by Gasteiger charge is 2.35. The van der Waals surface area contributed by atoms with Crippen LogP contribution >= 0.6 is 0 Å². The summed E-state index contributed by atoms with van der Waals surface area (Å²) in [5.74, 6) is -4.24. The Balaban J connectivity index is 2.44.